The summed E-state index contributed by atoms with van der Waals surface area (Å²) in [7, 11) is 1.19. The number of phosphoric ester groups is 1. The molecule has 3 atom stereocenters. The van der Waals surface area contributed by atoms with Gasteiger partial charge in [-0.25, -0.2) is 0 Å². The highest BCUT2D eigenvalue weighted by Crippen LogP contribution is 2.38. The number of hydrogen-bond donors (Lipinski definition) is 1. The van der Waals surface area contributed by atoms with Crippen molar-refractivity contribution in [2.24, 2.45) is 0 Å². The number of unbranched alkanes of at least 4 members (excludes halogenated alkanes) is 40. The van der Waals surface area contributed by atoms with Gasteiger partial charge in [-0.15, -0.1) is 0 Å². The largest absolute Gasteiger partial charge is 0.756 e. The van der Waals surface area contributed by atoms with Crippen LogP contribution in [0.25, 0.3) is 0 Å². The zero-order chi connectivity index (χ0) is 55.7. The first-order valence-electron chi connectivity index (χ1n) is 32.8. The summed E-state index contributed by atoms with van der Waals surface area (Å²) in [6.07, 6.45) is 68.2. The average Bonchev–Trinajstić information content (AvgIpc) is 3.38. The Bertz CT molecular complexity index is 1400. The average molecular weight is 1090 g/mol. The zero-order valence-corrected chi connectivity index (χ0v) is 52.1. The van der Waals surface area contributed by atoms with Gasteiger partial charge in [0.2, 0.25) is 5.91 Å². The molecule has 0 aliphatic carbocycles. The van der Waals surface area contributed by atoms with Crippen LogP contribution >= 0.6 is 7.82 Å². The predicted molar refractivity (Wildman–Crippen MR) is 326 cm³/mol. The molecule has 1 amide bonds. The number of esters is 1. The van der Waals surface area contributed by atoms with E-state index in [9.17, 15) is 19.0 Å². The van der Waals surface area contributed by atoms with Crippen molar-refractivity contribution in [2.75, 3.05) is 40.9 Å². The molecular weight excluding hydrogens is 964 g/mol. The van der Waals surface area contributed by atoms with Crippen LogP contribution in [0.1, 0.15) is 323 Å². The molecule has 0 aromatic heterocycles. The number of rotatable bonds is 60. The molecule has 10 heteroatoms. The number of nitrogens with zero attached hydrogens (tertiary/aromatic N) is 1. The third kappa shape index (κ3) is 56.9. The maximum atomic E-state index is 13.5. The Balaban J connectivity index is 5.16. The summed E-state index contributed by atoms with van der Waals surface area (Å²) in [5, 5.41) is 3.03. The van der Waals surface area contributed by atoms with Crippen molar-refractivity contribution in [3.8, 4) is 0 Å². The van der Waals surface area contributed by atoms with Crippen LogP contribution in [0.15, 0.2) is 36.5 Å². The molecule has 0 aliphatic rings. The fourth-order valence-electron chi connectivity index (χ4n) is 9.73. The monoisotopic (exact) mass is 1090 g/mol. The van der Waals surface area contributed by atoms with Gasteiger partial charge in [0.05, 0.1) is 33.8 Å². The Morgan fingerprint density at radius 2 is 0.803 bits per heavy atom. The molecule has 0 saturated carbocycles. The van der Waals surface area contributed by atoms with Crippen LogP contribution in [0.2, 0.25) is 0 Å². The quantitative estimate of drug-likeness (QED) is 0.0212. The number of quaternary nitrogens is 1. The minimum absolute atomic E-state index is 0.0217. The Labute approximate surface area is 472 Å². The molecule has 76 heavy (non-hydrogen) atoms. The van der Waals surface area contributed by atoms with E-state index in [4.69, 9.17) is 13.8 Å². The van der Waals surface area contributed by atoms with E-state index in [1.807, 2.05) is 33.3 Å². The van der Waals surface area contributed by atoms with Crippen molar-refractivity contribution < 1.29 is 37.3 Å². The van der Waals surface area contributed by atoms with Gasteiger partial charge in [0.25, 0.3) is 7.82 Å². The minimum Gasteiger partial charge on any atom is -0.756 e. The van der Waals surface area contributed by atoms with E-state index < -0.39 is 20.0 Å². The summed E-state index contributed by atoms with van der Waals surface area (Å²) < 4.78 is 30.4. The summed E-state index contributed by atoms with van der Waals surface area (Å²) >= 11 is 0. The van der Waals surface area contributed by atoms with E-state index in [-0.39, 0.29) is 31.5 Å². The lowest BCUT2D eigenvalue weighted by molar-refractivity contribution is -0.870. The summed E-state index contributed by atoms with van der Waals surface area (Å²) in [4.78, 5) is 40.0. The molecule has 0 fully saturated rings. The van der Waals surface area contributed by atoms with Gasteiger partial charge in [0.1, 0.15) is 19.3 Å². The second-order valence-electron chi connectivity index (χ2n) is 23.6. The Hall–Kier alpha value is -1.77. The lowest BCUT2D eigenvalue weighted by Gasteiger charge is -2.30. The molecule has 0 radical (unpaired) electrons. The Morgan fingerprint density at radius 3 is 1.21 bits per heavy atom. The first kappa shape index (κ1) is 74.2. The summed E-state index contributed by atoms with van der Waals surface area (Å²) in [5.74, 6) is -0.534. The number of phosphoric acid groups is 1. The molecule has 0 spiro atoms. The smallest absolute Gasteiger partial charge is 0.306 e. The fourth-order valence-corrected chi connectivity index (χ4v) is 10.5. The standard InChI is InChI=1S/C66H127N2O7P/c1-7-10-13-16-19-22-25-28-30-32-33-34-35-37-39-41-44-47-50-53-56-59-66(70)75-64(57-54-51-48-45-42-27-24-21-18-15-12-9-3)63(62-74-76(71,72)73-61-60-68(4,5)6)67-65(69)58-55-52-49-46-43-40-38-36-31-29-26-23-20-17-14-11-8-2/h20,23,29,31,54,57,63-64H,7-19,21-22,24-28,30,32-53,55-56,58-62H2,1-6H3,(H-,67,69,71,72)/b23-20-,31-29-,57-54+. The molecule has 0 aliphatic heterocycles. The Kier molecular flexibility index (Phi) is 55.2. The molecule has 448 valence electrons. The van der Waals surface area contributed by atoms with Gasteiger partial charge < -0.3 is 28.5 Å². The molecule has 0 aromatic rings. The Morgan fingerprint density at radius 1 is 0.461 bits per heavy atom. The third-order valence-electron chi connectivity index (χ3n) is 14.8. The van der Waals surface area contributed by atoms with Crippen molar-refractivity contribution in [3.05, 3.63) is 36.5 Å². The molecule has 9 nitrogen and oxygen atoms in total. The molecule has 0 aromatic carbocycles. The molecule has 1 N–H and O–H groups in total. The maximum Gasteiger partial charge on any atom is 0.306 e. The molecule has 0 rings (SSSR count). The van der Waals surface area contributed by atoms with Crippen molar-refractivity contribution in [2.45, 2.75) is 335 Å². The zero-order valence-electron chi connectivity index (χ0n) is 51.2. The number of carbonyl (C=O) groups is 2. The first-order chi connectivity index (χ1) is 36.9. The molecule has 0 heterocycles. The number of carbonyl (C=O) groups excluding carboxylic acids is 2. The van der Waals surface area contributed by atoms with Gasteiger partial charge in [-0.05, 0) is 63.9 Å². The minimum atomic E-state index is -4.70. The van der Waals surface area contributed by atoms with Crippen LogP contribution in [0.5, 0.6) is 0 Å². The number of allylic oxidation sites excluding steroid dienone is 5. The second kappa shape index (κ2) is 56.5. The van der Waals surface area contributed by atoms with E-state index in [0.29, 0.717) is 17.4 Å². The van der Waals surface area contributed by atoms with Crippen molar-refractivity contribution in [1.82, 2.24) is 5.32 Å². The van der Waals surface area contributed by atoms with Crippen LogP contribution in [-0.2, 0) is 27.9 Å². The highest BCUT2D eigenvalue weighted by Gasteiger charge is 2.27. The van der Waals surface area contributed by atoms with Crippen LogP contribution < -0.4 is 10.2 Å². The SMILES string of the molecule is CCCCC/C=C\C/C=C\CCCCCCCCCC(=O)NC(COP(=O)([O-])OCC[N+](C)(C)C)C(/C=C/CCCCCCCCCCCC)OC(=O)CCCCCCCCCCCCCCCCCCCCCCC. The van der Waals surface area contributed by atoms with Crippen molar-refractivity contribution in [3.63, 3.8) is 0 Å². The van der Waals surface area contributed by atoms with Gasteiger partial charge in [0, 0.05) is 12.8 Å². The highest BCUT2D eigenvalue weighted by molar-refractivity contribution is 7.45. The van der Waals surface area contributed by atoms with Crippen LogP contribution in [0, 0.1) is 0 Å². The molecule has 3 unspecified atom stereocenters. The lowest BCUT2D eigenvalue weighted by Crippen LogP contribution is -2.47. The fraction of sp³-hybridized carbons (Fsp3) is 0.879. The molecule has 0 saturated heterocycles. The van der Waals surface area contributed by atoms with E-state index in [0.717, 1.165) is 77.0 Å². The number of likely N-dealkylation sites (N-methyl/N-ethyl adjacent to an activating group) is 1. The van der Waals surface area contributed by atoms with Gasteiger partial charge in [-0.2, -0.15) is 0 Å². The third-order valence-corrected chi connectivity index (χ3v) is 15.8. The van der Waals surface area contributed by atoms with E-state index >= 15 is 0 Å². The van der Waals surface area contributed by atoms with Gasteiger partial charge in [-0.3, -0.25) is 14.2 Å². The van der Waals surface area contributed by atoms with Gasteiger partial charge in [0.15, 0.2) is 0 Å². The number of hydrogen-bond acceptors (Lipinski definition) is 7. The topological polar surface area (TPSA) is 114 Å². The van der Waals surface area contributed by atoms with Gasteiger partial charge in [-0.1, -0.05) is 282 Å². The summed E-state index contributed by atoms with van der Waals surface area (Å²) in [6.45, 7) is 6.85. The number of amides is 1. The highest BCUT2D eigenvalue weighted by atomic mass is 31.2. The predicted octanol–water partition coefficient (Wildman–Crippen LogP) is 19.7. The van der Waals surface area contributed by atoms with Crippen molar-refractivity contribution in [1.29, 1.82) is 0 Å². The lowest BCUT2D eigenvalue weighted by atomic mass is 10.0. The molecular formula is C66H127N2O7P. The summed E-state index contributed by atoms with van der Waals surface area (Å²) in [5.41, 5.74) is 0. The van der Waals surface area contributed by atoms with E-state index in [1.54, 1.807) is 0 Å². The number of nitrogens with one attached hydrogen (secondary N) is 1. The van der Waals surface area contributed by atoms with Crippen molar-refractivity contribution >= 4 is 19.7 Å². The second-order valence-corrected chi connectivity index (χ2v) is 25.0. The number of ether oxygens (including phenoxy) is 1. The van der Waals surface area contributed by atoms with Gasteiger partial charge >= 0.3 is 5.97 Å². The molecule has 0 bridgehead atoms. The first-order valence-corrected chi connectivity index (χ1v) is 34.3. The van der Waals surface area contributed by atoms with E-state index in [2.05, 4.69) is 50.4 Å². The van der Waals surface area contributed by atoms with E-state index in [1.165, 1.54) is 212 Å². The van der Waals surface area contributed by atoms with Crippen LogP contribution in [-0.4, -0.2) is 69.4 Å². The summed E-state index contributed by atoms with van der Waals surface area (Å²) in [6, 6.07) is -0.889. The normalized spacial score (nSPS) is 13.8. The van der Waals surface area contributed by atoms with Crippen LogP contribution in [0.4, 0.5) is 0 Å². The maximum absolute atomic E-state index is 13.5. The van der Waals surface area contributed by atoms with Crippen LogP contribution in [0.3, 0.4) is 0 Å².